The summed E-state index contributed by atoms with van der Waals surface area (Å²) in [7, 11) is 1.34. The average Bonchev–Trinajstić information content (AvgIpc) is 2.28. The van der Waals surface area contributed by atoms with Gasteiger partial charge in [-0.05, 0) is 26.2 Å². The van der Waals surface area contributed by atoms with E-state index < -0.39 is 0 Å². The van der Waals surface area contributed by atoms with Crippen LogP contribution in [0.15, 0.2) is 0 Å². The molecule has 0 aromatic heterocycles. The Morgan fingerprint density at radius 3 is 2.76 bits per heavy atom. The molecule has 1 aliphatic carbocycles. The fourth-order valence-corrected chi connectivity index (χ4v) is 2.21. The first-order chi connectivity index (χ1) is 8.02. The number of amides is 1. The van der Waals surface area contributed by atoms with Crippen LogP contribution >= 0.6 is 0 Å². The van der Waals surface area contributed by atoms with E-state index in [1.807, 2.05) is 0 Å². The second kappa shape index (κ2) is 6.59. The Kier molecular flexibility index (Phi) is 5.41. The number of carbonyl (C=O) groups is 2. The van der Waals surface area contributed by atoms with Crippen molar-refractivity contribution in [2.75, 3.05) is 7.11 Å². The maximum absolute atomic E-state index is 11.9. The minimum absolute atomic E-state index is 0.00107. The topological polar surface area (TPSA) is 81.4 Å². The lowest BCUT2D eigenvalue weighted by atomic mass is 9.85. The molecule has 1 fully saturated rings. The molecule has 3 unspecified atom stereocenters. The summed E-state index contributed by atoms with van der Waals surface area (Å²) >= 11 is 0. The molecule has 0 aliphatic heterocycles. The number of ether oxygens (including phenoxy) is 1. The smallest absolute Gasteiger partial charge is 0.307 e. The van der Waals surface area contributed by atoms with Crippen LogP contribution in [0, 0.1) is 5.92 Å². The van der Waals surface area contributed by atoms with Crippen LogP contribution in [0.3, 0.4) is 0 Å². The maximum Gasteiger partial charge on any atom is 0.307 e. The van der Waals surface area contributed by atoms with Crippen molar-refractivity contribution in [3.63, 3.8) is 0 Å². The van der Waals surface area contributed by atoms with Gasteiger partial charge in [0.2, 0.25) is 5.91 Å². The third kappa shape index (κ3) is 4.73. The quantitative estimate of drug-likeness (QED) is 0.706. The van der Waals surface area contributed by atoms with E-state index in [1.165, 1.54) is 7.11 Å². The van der Waals surface area contributed by atoms with Crippen LogP contribution in [0.5, 0.6) is 0 Å². The Balaban J connectivity index is 2.35. The van der Waals surface area contributed by atoms with E-state index in [2.05, 4.69) is 10.1 Å². The molecule has 1 rings (SSSR count). The van der Waals surface area contributed by atoms with Gasteiger partial charge in [0.1, 0.15) is 0 Å². The average molecular weight is 242 g/mol. The van der Waals surface area contributed by atoms with Gasteiger partial charge in [0.05, 0.1) is 13.5 Å². The van der Waals surface area contributed by atoms with Gasteiger partial charge in [0.15, 0.2) is 0 Å². The minimum atomic E-state index is -0.307. The fraction of sp³-hybridized carbons (Fsp3) is 0.833. The molecule has 5 heteroatoms. The molecule has 0 aromatic rings. The lowest BCUT2D eigenvalue weighted by Crippen LogP contribution is -2.42. The highest BCUT2D eigenvalue weighted by molar-refractivity contribution is 5.80. The number of carbonyl (C=O) groups excluding carboxylic acids is 2. The molecular weight excluding hydrogens is 220 g/mol. The van der Waals surface area contributed by atoms with Crippen molar-refractivity contribution in [1.82, 2.24) is 5.32 Å². The molecule has 3 atom stereocenters. The zero-order valence-corrected chi connectivity index (χ0v) is 10.6. The minimum Gasteiger partial charge on any atom is -0.469 e. The van der Waals surface area contributed by atoms with Crippen LogP contribution in [0.1, 0.15) is 39.0 Å². The Bertz CT molecular complexity index is 281. The highest BCUT2D eigenvalue weighted by Gasteiger charge is 2.26. The number of nitrogens with two attached hydrogens (primary N) is 1. The van der Waals surface area contributed by atoms with Gasteiger partial charge in [-0.1, -0.05) is 6.42 Å². The van der Waals surface area contributed by atoms with Crippen LogP contribution in [0.4, 0.5) is 0 Å². The number of hydrogen-bond acceptors (Lipinski definition) is 4. The molecule has 17 heavy (non-hydrogen) atoms. The van der Waals surface area contributed by atoms with Gasteiger partial charge in [-0.15, -0.1) is 0 Å². The normalized spacial score (nSPS) is 26.1. The largest absolute Gasteiger partial charge is 0.469 e. The Morgan fingerprint density at radius 1 is 1.47 bits per heavy atom. The molecule has 3 N–H and O–H groups in total. The van der Waals surface area contributed by atoms with Crippen molar-refractivity contribution in [1.29, 1.82) is 0 Å². The number of methoxy groups -OCH3 is 1. The standard InChI is InChI=1S/C12H22N2O3/c1-8(6-11(15)17-2)14-12(16)9-4-3-5-10(13)7-9/h8-10H,3-7,13H2,1-2H3,(H,14,16). The highest BCUT2D eigenvalue weighted by atomic mass is 16.5. The molecule has 0 aromatic carbocycles. The first kappa shape index (κ1) is 14.0. The van der Waals surface area contributed by atoms with E-state index in [1.54, 1.807) is 6.92 Å². The number of rotatable bonds is 4. The van der Waals surface area contributed by atoms with Gasteiger partial charge in [0.25, 0.3) is 0 Å². The third-order valence-corrected chi connectivity index (χ3v) is 3.17. The molecule has 1 amide bonds. The van der Waals surface area contributed by atoms with Gasteiger partial charge >= 0.3 is 5.97 Å². The van der Waals surface area contributed by atoms with E-state index in [9.17, 15) is 9.59 Å². The van der Waals surface area contributed by atoms with Crippen molar-refractivity contribution >= 4 is 11.9 Å². The van der Waals surface area contributed by atoms with E-state index in [-0.39, 0.29) is 36.3 Å². The summed E-state index contributed by atoms with van der Waals surface area (Å²) in [6, 6.07) is -0.0523. The molecule has 98 valence electrons. The van der Waals surface area contributed by atoms with Crippen LogP contribution in [-0.2, 0) is 14.3 Å². The van der Waals surface area contributed by atoms with Crippen molar-refractivity contribution < 1.29 is 14.3 Å². The lowest BCUT2D eigenvalue weighted by molar-refractivity contribution is -0.141. The van der Waals surface area contributed by atoms with Crippen LogP contribution in [0.2, 0.25) is 0 Å². The molecule has 0 spiro atoms. The van der Waals surface area contributed by atoms with Gasteiger partial charge in [-0.2, -0.15) is 0 Å². The molecule has 0 heterocycles. The SMILES string of the molecule is COC(=O)CC(C)NC(=O)C1CCCC(N)C1. The van der Waals surface area contributed by atoms with Crippen molar-refractivity contribution in [2.24, 2.45) is 11.7 Å². The summed E-state index contributed by atoms with van der Waals surface area (Å²) in [5, 5.41) is 2.84. The Hall–Kier alpha value is -1.10. The number of nitrogens with one attached hydrogen (secondary N) is 1. The van der Waals surface area contributed by atoms with Crippen molar-refractivity contribution in [2.45, 2.75) is 51.1 Å². The molecular formula is C12H22N2O3. The fourth-order valence-electron chi connectivity index (χ4n) is 2.21. The van der Waals surface area contributed by atoms with Crippen LogP contribution < -0.4 is 11.1 Å². The van der Waals surface area contributed by atoms with E-state index in [0.29, 0.717) is 0 Å². The summed E-state index contributed by atoms with van der Waals surface area (Å²) < 4.78 is 4.55. The van der Waals surface area contributed by atoms with Gasteiger partial charge in [0, 0.05) is 18.0 Å². The predicted molar refractivity (Wildman–Crippen MR) is 64.2 cm³/mol. The molecule has 1 saturated carbocycles. The van der Waals surface area contributed by atoms with Gasteiger partial charge in [-0.3, -0.25) is 9.59 Å². The Morgan fingerprint density at radius 2 is 2.18 bits per heavy atom. The van der Waals surface area contributed by atoms with E-state index in [4.69, 9.17) is 5.73 Å². The third-order valence-electron chi connectivity index (χ3n) is 3.17. The molecule has 0 saturated heterocycles. The maximum atomic E-state index is 11.9. The van der Waals surface area contributed by atoms with Gasteiger partial charge < -0.3 is 15.8 Å². The molecule has 5 nitrogen and oxygen atoms in total. The summed E-state index contributed by atoms with van der Waals surface area (Å²) in [5.41, 5.74) is 5.84. The number of hydrogen-bond donors (Lipinski definition) is 2. The summed E-state index contributed by atoms with van der Waals surface area (Å²) in [4.78, 5) is 22.9. The lowest BCUT2D eigenvalue weighted by Gasteiger charge is -2.26. The second-order valence-electron chi connectivity index (χ2n) is 4.81. The monoisotopic (exact) mass is 242 g/mol. The summed E-state index contributed by atoms with van der Waals surface area (Å²) in [6.45, 7) is 1.80. The first-order valence-electron chi connectivity index (χ1n) is 6.15. The Labute approximate surface area is 102 Å². The molecule has 0 radical (unpaired) electrons. The number of esters is 1. The van der Waals surface area contributed by atoms with E-state index in [0.717, 1.165) is 25.7 Å². The second-order valence-corrected chi connectivity index (χ2v) is 4.81. The zero-order valence-electron chi connectivity index (χ0n) is 10.6. The van der Waals surface area contributed by atoms with Crippen LogP contribution in [0.25, 0.3) is 0 Å². The molecule has 1 aliphatic rings. The van der Waals surface area contributed by atoms with E-state index >= 15 is 0 Å². The van der Waals surface area contributed by atoms with Crippen molar-refractivity contribution in [3.8, 4) is 0 Å². The van der Waals surface area contributed by atoms with Crippen molar-refractivity contribution in [3.05, 3.63) is 0 Å². The van der Waals surface area contributed by atoms with Crippen LogP contribution in [-0.4, -0.2) is 31.1 Å². The summed E-state index contributed by atoms with van der Waals surface area (Å²) in [5.74, 6) is -0.298. The highest BCUT2D eigenvalue weighted by Crippen LogP contribution is 2.23. The van der Waals surface area contributed by atoms with Gasteiger partial charge in [-0.25, -0.2) is 0 Å². The summed E-state index contributed by atoms with van der Waals surface area (Å²) in [6.07, 6.45) is 3.86. The molecule has 0 bridgehead atoms. The predicted octanol–water partition coefficient (Wildman–Crippen LogP) is 0.572. The zero-order chi connectivity index (χ0) is 12.8. The first-order valence-corrected chi connectivity index (χ1v) is 6.15.